The van der Waals surface area contributed by atoms with Crippen molar-refractivity contribution >= 4 is 27.5 Å². The van der Waals surface area contributed by atoms with Gasteiger partial charge in [0.25, 0.3) is 0 Å². The fourth-order valence-corrected chi connectivity index (χ4v) is 3.11. The Kier molecular flexibility index (Phi) is 4.46. The minimum Gasteiger partial charge on any atom is -0.218 e. The summed E-state index contributed by atoms with van der Waals surface area (Å²) in [5.74, 6) is 0. The fourth-order valence-electron chi connectivity index (χ4n) is 1.82. The van der Waals surface area contributed by atoms with Crippen molar-refractivity contribution in [1.29, 1.82) is 5.26 Å². The van der Waals surface area contributed by atoms with E-state index in [-0.39, 0.29) is 9.80 Å². The van der Waals surface area contributed by atoms with E-state index >= 15 is 0 Å². The van der Waals surface area contributed by atoms with Crippen LogP contribution in [0.3, 0.4) is 0 Å². The number of aryl methyl sites for hydroxylation is 1. The zero-order valence-electron chi connectivity index (χ0n) is 11.2. The molecule has 0 atom stereocenters. The van der Waals surface area contributed by atoms with Crippen LogP contribution in [0.25, 0.3) is 6.08 Å². The number of halogens is 1. The Morgan fingerprint density at radius 2 is 1.86 bits per heavy atom. The lowest BCUT2D eigenvalue weighted by Crippen LogP contribution is -2.03. The maximum absolute atomic E-state index is 12.4. The maximum atomic E-state index is 12.4. The molecule has 5 heteroatoms. The maximum Gasteiger partial charge on any atom is 0.216 e. The first-order valence-electron chi connectivity index (χ1n) is 6.12. The summed E-state index contributed by atoms with van der Waals surface area (Å²) < 4.78 is 24.9. The third-order valence-electron chi connectivity index (χ3n) is 2.86. The van der Waals surface area contributed by atoms with E-state index in [1.54, 1.807) is 12.1 Å². The highest BCUT2D eigenvalue weighted by Gasteiger charge is 2.20. The lowest BCUT2D eigenvalue weighted by Gasteiger charge is -2.03. The fraction of sp³-hybridized carbons (Fsp3) is 0.0625. The van der Waals surface area contributed by atoms with Gasteiger partial charge in [-0.3, -0.25) is 0 Å². The molecule has 3 nitrogen and oxygen atoms in total. The van der Waals surface area contributed by atoms with Crippen molar-refractivity contribution in [2.75, 3.05) is 0 Å². The molecule has 0 unspecified atom stereocenters. The van der Waals surface area contributed by atoms with E-state index in [4.69, 9.17) is 11.6 Å². The van der Waals surface area contributed by atoms with E-state index in [0.717, 1.165) is 5.56 Å². The van der Waals surface area contributed by atoms with Crippen LogP contribution in [-0.4, -0.2) is 8.42 Å². The van der Waals surface area contributed by atoms with Crippen molar-refractivity contribution in [3.8, 4) is 6.07 Å². The average molecular weight is 318 g/mol. The summed E-state index contributed by atoms with van der Waals surface area (Å²) in [4.78, 5) is -0.247. The number of benzene rings is 2. The summed E-state index contributed by atoms with van der Waals surface area (Å²) in [6.45, 7) is 1.90. The van der Waals surface area contributed by atoms with Crippen LogP contribution in [0, 0.1) is 18.3 Å². The first kappa shape index (κ1) is 15.3. The molecule has 0 amide bonds. The standard InChI is InChI=1S/C16H12ClNO2S/c1-12-3-2-4-13(9-12)10-16(11-18)21(19,20)15-7-5-14(17)6-8-15/h2-10H,1H3/b16-10-. The van der Waals surface area contributed by atoms with E-state index in [0.29, 0.717) is 10.6 Å². The van der Waals surface area contributed by atoms with Gasteiger partial charge in [0.05, 0.1) is 4.90 Å². The van der Waals surface area contributed by atoms with E-state index < -0.39 is 9.84 Å². The molecular formula is C16H12ClNO2S. The second-order valence-corrected chi connectivity index (χ2v) is 6.85. The summed E-state index contributed by atoms with van der Waals surface area (Å²) in [6, 6.07) is 14.8. The molecule has 0 saturated heterocycles. The van der Waals surface area contributed by atoms with Gasteiger partial charge < -0.3 is 0 Å². The second kappa shape index (κ2) is 6.13. The zero-order chi connectivity index (χ0) is 15.5. The average Bonchev–Trinajstić information content (AvgIpc) is 2.45. The molecule has 0 aliphatic carbocycles. The number of hydrogen-bond acceptors (Lipinski definition) is 3. The van der Waals surface area contributed by atoms with E-state index in [9.17, 15) is 13.7 Å². The predicted molar refractivity (Wildman–Crippen MR) is 83.4 cm³/mol. The molecule has 0 aliphatic rings. The minimum absolute atomic E-state index is 0.0485. The van der Waals surface area contributed by atoms with Crippen molar-refractivity contribution in [3.05, 3.63) is 69.6 Å². The van der Waals surface area contributed by atoms with Gasteiger partial charge in [-0.2, -0.15) is 5.26 Å². The molecule has 21 heavy (non-hydrogen) atoms. The highest BCUT2D eigenvalue weighted by Crippen LogP contribution is 2.23. The Bertz CT molecular complexity index is 831. The van der Waals surface area contributed by atoms with Gasteiger partial charge in [0.2, 0.25) is 9.84 Å². The van der Waals surface area contributed by atoms with Crippen molar-refractivity contribution in [1.82, 2.24) is 0 Å². The van der Waals surface area contributed by atoms with Gasteiger partial charge in [-0.25, -0.2) is 8.42 Å². The normalized spacial score (nSPS) is 12.0. The van der Waals surface area contributed by atoms with Crippen LogP contribution in [0.2, 0.25) is 5.02 Å². The first-order valence-corrected chi connectivity index (χ1v) is 7.99. The van der Waals surface area contributed by atoms with Crippen molar-refractivity contribution in [2.24, 2.45) is 0 Å². The lowest BCUT2D eigenvalue weighted by atomic mass is 10.1. The van der Waals surface area contributed by atoms with Crippen LogP contribution < -0.4 is 0 Å². The quantitative estimate of drug-likeness (QED) is 0.804. The van der Waals surface area contributed by atoms with Crippen LogP contribution in [0.4, 0.5) is 0 Å². The SMILES string of the molecule is Cc1cccc(/C=C(/C#N)S(=O)(=O)c2ccc(Cl)cc2)c1. The third-order valence-corrected chi connectivity index (χ3v) is 4.80. The topological polar surface area (TPSA) is 57.9 Å². The molecule has 2 rings (SSSR count). The molecule has 0 heterocycles. The lowest BCUT2D eigenvalue weighted by molar-refractivity contribution is 0.603. The van der Waals surface area contributed by atoms with Crippen molar-refractivity contribution < 1.29 is 8.42 Å². The summed E-state index contributed by atoms with van der Waals surface area (Å²) in [5, 5.41) is 9.62. The molecule has 106 valence electrons. The number of nitriles is 1. The van der Waals surface area contributed by atoms with Crippen LogP contribution >= 0.6 is 11.6 Å². The minimum atomic E-state index is -3.84. The highest BCUT2D eigenvalue weighted by molar-refractivity contribution is 7.95. The Morgan fingerprint density at radius 1 is 1.19 bits per heavy atom. The van der Waals surface area contributed by atoms with Gasteiger partial charge in [-0.1, -0.05) is 41.4 Å². The zero-order valence-corrected chi connectivity index (χ0v) is 12.8. The number of rotatable bonds is 3. The number of nitrogens with zero attached hydrogens (tertiary/aromatic N) is 1. The van der Waals surface area contributed by atoms with Gasteiger partial charge in [0.1, 0.15) is 11.0 Å². The predicted octanol–water partition coefficient (Wildman–Crippen LogP) is 3.99. The molecule has 0 fully saturated rings. The summed E-state index contributed by atoms with van der Waals surface area (Å²) in [5.41, 5.74) is 1.66. The smallest absolute Gasteiger partial charge is 0.216 e. The molecular weight excluding hydrogens is 306 g/mol. The van der Waals surface area contributed by atoms with E-state index in [1.807, 2.05) is 25.1 Å². The molecule has 0 radical (unpaired) electrons. The molecule has 0 N–H and O–H groups in total. The van der Waals surface area contributed by atoms with Crippen LogP contribution in [0.1, 0.15) is 11.1 Å². The number of allylic oxidation sites excluding steroid dienone is 1. The Morgan fingerprint density at radius 3 is 2.43 bits per heavy atom. The Labute approximate surface area is 129 Å². The van der Waals surface area contributed by atoms with Crippen LogP contribution in [-0.2, 0) is 9.84 Å². The van der Waals surface area contributed by atoms with E-state index in [1.165, 1.54) is 30.3 Å². The molecule has 2 aromatic carbocycles. The molecule has 0 spiro atoms. The number of hydrogen-bond donors (Lipinski definition) is 0. The van der Waals surface area contributed by atoms with Crippen molar-refractivity contribution in [3.63, 3.8) is 0 Å². The summed E-state index contributed by atoms with van der Waals surface area (Å²) in [7, 11) is -3.84. The van der Waals surface area contributed by atoms with Crippen LogP contribution in [0.5, 0.6) is 0 Å². The van der Waals surface area contributed by atoms with Gasteiger partial charge in [-0.05, 0) is 42.8 Å². The monoisotopic (exact) mass is 317 g/mol. The third kappa shape index (κ3) is 3.52. The van der Waals surface area contributed by atoms with Gasteiger partial charge >= 0.3 is 0 Å². The van der Waals surface area contributed by atoms with Crippen molar-refractivity contribution in [2.45, 2.75) is 11.8 Å². The van der Waals surface area contributed by atoms with E-state index in [2.05, 4.69) is 0 Å². The summed E-state index contributed by atoms with van der Waals surface area (Å²) in [6.07, 6.45) is 1.37. The number of sulfone groups is 1. The van der Waals surface area contributed by atoms with Gasteiger partial charge in [0, 0.05) is 5.02 Å². The Balaban J connectivity index is 2.50. The van der Waals surface area contributed by atoms with Crippen LogP contribution in [0.15, 0.2) is 58.3 Å². The molecule has 0 saturated carbocycles. The second-order valence-electron chi connectivity index (χ2n) is 4.49. The molecule has 0 bridgehead atoms. The molecule has 0 aliphatic heterocycles. The highest BCUT2D eigenvalue weighted by atomic mass is 35.5. The molecule has 0 aromatic heterocycles. The van der Waals surface area contributed by atoms with Gasteiger partial charge in [0.15, 0.2) is 0 Å². The van der Waals surface area contributed by atoms with Gasteiger partial charge in [-0.15, -0.1) is 0 Å². The molecule has 2 aromatic rings. The first-order chi connectivity index (χ1) is 9.93. The summed E-state index contributed by atoms with van der Waals surface area (Å²) >= 11 is 5.75. The Hall–Kier alpha value is -2.09. The largest absolute Gasteiger partial charge is 0.218 e.